The van der Waals surface area contributed by atoms with E-state index in [2.05, 4.69) is 10.2 Å². The molecule has 0 fully saturated rings. The van der Waals surface area contributed by atoms with Crippen LogP contribution in [-0.2, 0) is 0 Å². The minimum absolute atomic E-state index is 0.433. The Bertz CT molecular complexity index is 407. The van der Waals surface area contributed by atoms with E-state index >= 15 is 0 Å². The number of aromatic amines is 1. The molecule has 14 heavy (non-hydrogen) atoms. The zero-order chi connectivity index (χ0) is 9.97. The van der Waals surface area contributed by atoms with Gasteiger partial charge in [0.1, 0.15) is 0 Å². The molecule has 0 bridgehead atoms. The monoisotopic (exact) mass is 188 g/mol. The standard InChI is InChI=1S/C11H12N2O/c1-8(14)9-3-2-4-10(7-9)11-5-6-12-13-11/h2-8,14H,1H3,(H,12,13). The second kappa shape index (κ2) is 3.64. The largest absolute Gasteiger partial charge is 0.389 e. The minimum atomic E-state index is -0.433. The lowest BCUT2D eigenvalue weighted by atomic mass is 10.1. The van der Waals surface area contributed by atoms with Gasteiger partial charge in [-0.1, -0.05) is 18.2 Å². The third-order valence-corrected chi connectivity index (χ3v) is 2.18. The lowest BCUT2D eigenvalue weighted by molar-refractivity contribution is 0.199. The van der Waals surface area contributed by atoms with Crippen LogP contribution in [0, 0.1) is 0 Å². The number of aliphatic hydroxyl groups excluding tert-OH is 1. The number of hydrogen-bond donors (Lipinski definition) is 2. The molecule has 0 radical (unpaired) electrons. The van der Waals surface area contributed by atoms with Crippen molar-refractivity contribution in [3.8, 4) is 11.3 Å². The van der Waals surface area contributed by atoms with Gasteiger partial charge in [-0.25, -0.2) is 0 Å². The SMILES string of the molecule is CC(O)c1cccc(-c2ccn[nH]2)c1. The first-order chi connectivity index (χ1) is 6.77. The van der Waals surface area contributed by atoms with Crippen LogP contribution in [0.15, 0.2) is 36.5 Å². The highest BCUT2D eigenvalue weighted by Gasteiger charge is 2.03. The second-order valence-electron chi connectivity index (χ2n) is 3.27. The van der Waals surface area contributed by atoms with Crippen molar-refractivity contribution in [3.05, 3.63) is 42.1 Å². The van der Waals surface area contributed by atoms with E-state index in [1.54, 1.807) is 13.1 Å². The molecule has 0 saturated heterocycles. The van der Waals surface area contributed by atoms with Gasteiger partial charge in [0.25, 0.3) is 0 Å². The number of benzene rings is 1. The summed E-state index contributed by atoms with van der Waals surface area (Å²) in [5.41, 5.74) is 2.92. The molecule has 1 atom stereocenters. The summed E-state index contributed by atoms with van der Waals surface area (Å²) in [6.45, 7) is 1.76. The lowest BCUT2D eigenvalue weighted by Gasteiger charge is -2.05. The summed E-state index contributed by atoms with van der Waals surface area (Å²) in [5.74, 6) is 0. The predicted molar refractivity (Wildman–Crippen MR) is 54.7 cm³/mol. The van der Waals surface area contributed by atoms with Crippen LogP contribution in [0.5, 0.6) is 0 Å². The van der Waals surface area contributed by atoms with Gasteiger partial charge in [0.2, 0.25) is 0 Å². The maximum atomic E-state index is 9.42. The Hall–Kier alpha value is -1.61. The molecule has 72 valence electrons. The fraction of sp³-hybridized carbons (Fsp3) is 0.182. The molecule has 2 aromatic rings. The Morgan fingerprint density at radius 3 is 2.86 bits per heavy atom. The normalized spacial score (nSPS) is 12.7. The van der Waals surface area contributed by atoms with Crippen molar-refractivity contribution in [1.29, 1.82) is 0 Å². The molecule has 0 aliphatic carbocycles. The number of nitrogens with one attached hydrogen (secondary N) is 1. The zero-order valence-corrected chi connectivity index (χ0v) is 7.94. The molecule has 0 aliphatic rings. The van der Waals surface area contributed by atoms with E-state index in [0.29, 0.717) is 0 Å². The number of nitrogens with zero attached hydrogens (tertiary/aromatic N) is 1. The van der Waals surface area contributed by atoms with Crippen molar-refractivity contribution in [2.45, 2.75) is 13.0 Å². The molecule has 0 aliphatic heterocycles. The molecule has 0 saturated carbocycles. The van der Waals surface area contributed by atoms with Gasteiger partial charge in [-0.2, -0.15) is 5.10 Å². The fourth-order valence-corrected chi connectivity index (χ4v) is 1.38. The highest BCUT2D eigenvalue weighted by molar-refractivity contribution is 5.59. The zero-order valence-electron chi connectivity index (χ0n) is 7.94. The number of rotatable bonds is 2. The Morgan fingerprint density at radius 1 is 1.36 bits per heavy atom. The van der Waals surface area contributed by atoms with Crippen LogP contribution >= 0.6 is 0 Å². The van der Waals surface area contributed by atoms with Crippen LogP contribution in [0.3, 0.4) is 0 Å². The summed E-state index contributed by atoms with van der Waals surface area (Å²) in [6, 6.07) is 9.68. The average Bonchev–Trinajstić information content (AvgIpc) is 2.71. The molecule has 0 amide bonds. The van der Waals surface area contributed by atoms with E-state index in [1.807, 2.05) is 30.3 Å². The summed E-state index contributed by atoms with van der Waals surface area (Å²) in [6.07, 6.45) is 1.28. The minimum Gasteiger partial charge on any atom is -0.389 e. The molecule has 1 aromatic carbocycles. The van der Waals surface area contributed by atoms with E-state index in [1.165, 1.54) is 0 Å². The summed E-state index contributed by atoms with van der Waals surface area (Å²) in [7, 11) is 0. The predicted octanol–water partition coefficient (Wildman–Crippen LogP) is 2.13. The topological polar surface area (TPSA) is 48.9 Å². The lowest BCUT2D eigenvalue weighted by Crippen LogP contribution is -1.90. The summed E-state index contributed by atoms with van der Waals surface area (Å²) in [4.78, 5) is 0. The number of aliphatic hydroxyl groups is 1. The summed E-state index contributed by atoms with van der Waals surface area (Å²) < 4.78 is 0. The molecule has 2 rings (SSSR count). The van der Waals surface area contributed by atoms with Crippen LogP contribution in [0.2, 0.25) is 0 Å². The molecule has 0 spiro atoms. The first kappa shape index (κ1) is 8.97. The number of hydrogen-bond acceptors (Lipinski definition) is 2. The van der Waals surface area contributed by atoms with Crippen molar-refractivity contribution in [3.63, 3.8) is 0 Å². The molecule has 1 aromatic heterocycles. The van der Waals surface area contributed by atoms with Crippen LogP contribution in [-0.4, -0.2) is 15.3 Å². The Kier molecular flexibility index (Phi) is 2.33. The van der Waals surface area contributed by atoms with Gasteiger partial charge in [-0.05, 0) is 30.2 Å². The first-order valence-corrected chi connectivity index (χ1v) is 4.55. The smallest absolute Gasteiger partial charge is 0.0762 e. The van der Waals surface area contributed by atoms with Crippen molar-refractivity contribution in [2.24, 2.45) is 0 Å². The third kappa shape index (κ3) is 1.67. The van der Waals surface area contributed by atoms with Gasteiger partial charge in [0.15, 0.2) is 0 Å². The van der Waals surface area contributed by atoms with Crippen LogP contribution < -0.4 is 0 Å². The third-order valence-electron chi connectivity index (χ3n) is 2.18. The van der Waals surface area contributed by atoms with Gasteiger partial charge in [-0.15, -0.1) is 0 Å². The van der Waals surface area contributed by atoms with Crippen molar-refractivity contribution in [2.75, 3.05) is 0 Å². The highest BCUT2D eigenvalue weighted by atomic mass is 16.3. The van der Waals surface area contributed by atoms with Gasteiger partial charge in [0.05, 0.1) is 11.8 Å². The van der Waals surface area contributed by atoms with Crippen LogP contribution in [0.1, 0.15) is 18.6 Å². The summed E-state index contributed by atoms with van der Waals surface area (Å²) in [5, 5.41) is 16.2. The van der Waals surface area contributed by atoms with E-state index in [0.717, 1.165) is 16.8 Å². The van der Waals surface area contributed by atoms with E-state index in [9.17, 15) is 5.11 Å². The maximum absolute atomic E-state index is 9.42. The maximum Gasteiger partial charge on any atom is 0.0762 e. The van der Waals surface area contributed by atoms with E-state index in [-0.39, 0.29) is 0 Å². The summed E-state index contributed by atoms with van der Waals surface area (Å²) >= 11 is 0. The van der Waals surface area contributed by atoms with Crippen LogP contribution in [0.4, 0.5) is 0 Å². The highest BCUT2D eigenvalue weighted by Crippen LogP contribution is 2.20. The van der Waals surface area contributed by atoms with Gasteiger partial charge < -0.3 is 5.11 Å². The molecular formula is C11H12N2O. The Morgan fingerprint density at radius 2 is 2.21 bits per heavy atom. The van der Waals surface area contributed by atoms with Gasteiger partial charge >= 0.3 is 0 Å². The quantitative estimate of drug-likeness (QED) is 0.758. The van der Waals surface area contributed by atoms with Gasteiger partial charge in [-0.3, -0.25) is 5.10 Å². The van der Waals surface area contributed by atoms with E-state index < -0.39 is 6.10 Å². The fourth-order valence-electron chi connectivity index (χ4n) is 1.38. The molecule has 3 nitrogen and oxygen atoms in total. The first-order valence-electron chi connectivity index (χ1n) is 4.55. The molecule has 2 N–H and O–H groups in total. The molecule has 3 heteroatoms. The van der Waals surface area contributed by atoms with Crippen molar-refractivity contribution < 1.29 is 5.11 Å². The Balaban J connectivity index is 2.41. The van der Waals surface area contributed by atoms with Crippen molar-refractivity contribution >= 4 is 0 Å². The van der Waals surface area contributed by atoms with E-state index in [4.69, 9.17) is 0 Å². The number of aromatic nitrogens is 2. The Labute approximate surface area is 82.4 Å². The molecule has 1 heterocycles. The average molecular weight is 188 g/mol. The van der Waals surface area contributed by atoms with Crippen molar-refractivity contribution in [1.82, 2.24) is 10.2 Å². The van der Waals surface area contributed by atoms with Crippen LogP contribution in [0.25, 0.3) is 11.3 Å². The molecular weight excluding hydrogens is 176 g/mol. The van der Waals surface area contributed by atoms with Gasteiger partial charge in [0, 0.05) is 6.20 Å². The second-order valence-corrected chi connectivity index (χ2v) is 3.27. The number of H-pyrrole nitrogens is 1. The molecule has 1 unspecified atom stereocenters.